The van der Waals surface area contributed by atoms with E-state index in [1.165, 1.54) is 10.8 Å². The van der Waals surface area contributed by atoms with Gasteiger partial charge in [0.15, 0.2) is 0 Å². The molecule has 0 radical (unpaired) electrons. The molecule has 0 N–H and O–H groups in total. The molecule has 0 fully saturated rings. The van der Waals surface area contributed by atoms with E-state index in [0.717, 1.165) is 233 Å². The van der Waals surface area contributed by atoms with Crippen LogP contribution in [0.5, 0.6) is 0 Å². The van der Waals surface area contributed by atoms with Crippen LogP contribution in [0.2, 0.25) is 0 Å². The lowest BCUT2D eigenvalue weighted by molar-refractivity contribution is 0.667. The smallest absolute Gasteiger partial charge is 0.143 e. The van der Waals surface area contributed by atoms with Crippen molar-refractivity contribution < 1.29 is 26.5 Å². The molecular weight excluding hydrogens is 1370 g/mol. The summed E-state index contributed by atoms with van der Waals surface area (Å²) >= 11 is 0. The lowest BCUT2D eigenvalue weighted by atomic mass is 9.94. The Kier molecular flexibility index (Phi) is 13.5. The Labute approximate surface area is 640 Å². The molecule has 0 aliphatic heterocycles. The minimum absolute atomic E-state index is 0.0609. The molecule has 112 heavy (non-hydrogen) atoms. The molecule has 1 aliphatic carbocycles. The highest BCUT2D eigenvalue weighted by atomic mass is 16.3. The number of hydrogen-bond acceptors (Lipinski definition) is 8. The maximum absolute atomic E-state index is 7.04. The standard InChI is InChI=1S/C104H62N2O6/c1-3-20-68(21-4-1)105(72-43-50-81-80-46-39-66(57-96(80)109-100(81)60-72)76-27-13-31-86-82-45-37-63(55-98(82)111-102(76)86)62-41-51-93-89(54-62)79-25-9-10-35-92(79)107-93)70-42-49-73-64(53-70)19-11-29-78(73)85-30-15-33-88-101-75(26-16-36-95(101)110-104(85)88)65-38-47-83-87-32-14-28-77(103(87)112-99(83)56-65)67-40-48-84-90-59-71(44-52-94(90)108-97(84)58-67)106(69-22-5-2-6-23-69)91-34-12-18-61-17-7-8-24-74(61)91/h1-20,22-60,68H,21H2. The summed E-state index contributed by atoms with van der Waals surface area (Å²) in [6.07, 6.45) is 9.69. The molecule has 0 saturated heterocycles. The normalized spacial score (nSPS) is 13.3. The first kappa shape index (κ1) is 62.2. The van der Waals surface area contributed by atoms with Gasteiger partial charge in [-0.15, -0.1) is 0 Å². The predicted octanol–water partition coefficient (Wildman–Crippen LogP) is 30.2. The Hall–Kier alpha value is -14.9. The average molecular weight is 1440 g/mol. The summed E-state index contributed by atoms with van der Waals surface area (Å²) in [6, 6.07) is 119. The first-order chi connectivity index (χ1) is 55.5. The van der Waals surface area contributed by atoms with E-state index in [0.29, 0.717) is 0 Å². The van der Waals surface area contributed by atoms with Crippen molar-refractivity contribution in [2.45, 2.75) is 12.5 Å². The van der Waals surface area contributed by atoms with Gasteiger partial charge < -0.3 is 36.3 Å². The van der Waals surface area contributed by atoms with Gasteiger partial charge in [-0.1, -0.05) is 218 Å². The molecule has 0 spiro atoms. The maximum Gasteiger partial charge on any atom is 0.143 e. The Bertz CT molecular complexity index is 7960. The molecule has 1 atom stereocenters. The molecule has 1 unspecified atom stereocenters. The fourth-order valence-electron chi connectivity index (χ4n) is 18.1. The van der Waals surface area contributed by atoms with Gasteiger partial charge in [0.2, 0.25) is 0 Å². The van der Waals surface area contributed by atoms with Crippen LogP contribution in [0.3, 0.4) is 0 Å². The Morgan fingerprint density at radius 2 is 0.688 bits per heavy atom. The van der Waals surface area contributed by atoms with Crippen molar-refractivity contribution in [1.82, 2.24) is 0 Å². The largest absolute Gasteiger partial charge is 0.456 e. The van der Waals surface area contributed by atoms with Crippen molar-refractivity contribution in [3.05, 3.63) is 358 Å². The molecule has 8 nitrogen and oxygen atoms in total. The SMILES string of the molecule is C1=CCC(N(c2ccc3c(-c4cccc5c4oc4cccc(-c6ccc7c(c6)oc6c(-c8ccc9c(c8)oc8ccc(N(c%10ccccc%10)c%10cccc%11ccccc%10%11)cc89)cccc67)c45)cccc3c2)c2ccc3c(c2)oc2cc(-c4cccc5c4oc4cc(-c6ccc7oc8ccccc8c7c6)ccc45)ccc23)C=C1. The van der Waals surface area contributed by atoms with E-state index in [1.54, 1.807) is 0 Å². The van der Waals surface area contributed by atoms with Gasteiger partial charge in [0, 0.05) is 116 Å². The van der Waals surface area contributed by atoms with Gasteiger partial charge in [-0.2, -0.15) is 0 Å². The maximum atomic E-state index is 7.04. The lowest BCUT2D eigenvalue weighted by Gasteiger charge is -2.33. The molecule has 524 valence electrons. The van der Waals surface area contributed by atoms with Crippen LogP contribution in [0.1, 0.15) is 6.42 Å². The van der Waals surface area contributed by atoms with Crippen molar-refractivity contribution in [2.75, 3.05) is 9.80 Å². The molecular formula is C104H62N2O6. The summed E-state index contributed by atoms with van der Waals surface area (Å²) < 4.78 is 40.7. The Morgan fingerprint density at radius 1 is 0.232 bits per heavy atom. The van der Waals surface area contributed by atoms with Crippen molar-refractivity contribution in [2.24, 2.45) is 0 Å². The molecule has 24 rings (SSSR count). The van der Waals surface area contributed by atoms with Gasteiger partial charge in [0.05, 0.1) is 11.7 Å². The van der Waals surface area contributed by atoms with Crippen LogP contribution in [-0.2, 0) is 0 Å². The lowest BCUT2D eigenvalue weighted by Crippen LogP contribution is -2.29. The number of hydrogen-bond donors (Lipinski definition) is 0. The van der Waals surface area contributed by atoms with Crippen LogP contribution in [0.4, 0.5) is 28.4 Å². The van der Waals surface area contributed by atoms with E-state index in [1.807, 2.05) is 12.1 Å². The van der Waals surface area contributed by atoms with E-state index in [9.17, 15) is 0 Å². The van der Waals surface area contributed by atoms with Gasteiger partial charge in [0.1, 0.15) is 67.0 Å². The number of benzene rings is 17. The number of allylic oxidation sites excluding steroid dienone is 2. The predicted molar refractivity (Wildman–Crippen MR) is 462 cm³/mol. The van der Waals surface area contributed by atoms with Crippen molar-refractivity contribution >= 4 is 182 Å². The van der Waals surface area contributed by atoms with Gasteiger partial charge in [-0.3, -0.25) is 0 Å². The van der Waals surface area contributed by atoms with Crippen molar-refractivity contribution in [3.63, 3.8) is 0 Å². The van der Waals surface area contributed by atoms with Crippen LogP contribution in [0, 0.1) is 0 Å². The minimum atomic E-state index is 0.0609. The van der Waals surface area contributed by atoms with Crippen LogP contribution < -0.4 is 9.80 Å². The number of nitrogens with zero attached hydrogens (tertiary/aromatic N) is 2. The molecule has 23 aromatic rings. The quantitative estimate of drug-likeness (QED) is 0.127. The zero-order chi connectivity index (χ0) is 73.2. The first-order valence-electron chi connectivity index (χ1n) is 38.2. The number of para-hydroxylation sites is 5. The molecule has 6 aromatic heterocycles. The fourth-order valence-corrected chi connectivity index (χ4v) is 18.1. The fraction of sp³-hybridized carbons (Fsp3) is 0.0192. The summed E-state index contributed by atoms with van der Waals surface area (Å²) in [5.41, 5.74) is 25.9. The zero-order valence-electron chi connectivity index (χ0n) is 60.2. The van der Waals surface area contributed by atoms with E-state index >= 15 is 0 Å². The van der Waals surface area contributed by atoms with E-state index in [-0.39, 0.29) is 6.04 Å². The summed E-state index contributed by atoms with van der Waals surface area (Å²) in [5.74, 6) is 0. The van der Waals surface area contributed by atoms with Gasteiger partial charge in [-0.25, -0.2) is 0 Å². The Balaban J connectivity index is 0.537. The first-order valence-corrected chi connectivity index (χ1v) is 38.2. The number of anilines is 5. The van der Waals surface area contributed by atoms with E-state index in [2.05, 4.69) is 356 Å². The average Bonchev–Trinajstić information content (AvgIpc) is 1.57. The van der Waals surface area contributed by atoms with Gasteiger partial charge in [0.25, 0.3) is 0 Å². The van der Waals surface area contributed by atoms with Crippen LogP contribution in [0.25, 0.3) is 209 Å². The number of fused-ring (bicyclic) bond motifs is 20. The van der Waals surface area contributed by atoms with Crippen molar-refractivity contribution in [1.29, 1.82) is 0 Å². The topological polar surface area (TPSA) is 85.3 Å². The van der Waals surface area contributed by atoms with Gasteiger partial charge >= 0.3 is 0 Å². The third-order valence-electron chi connectivity index (χ3n) is 23.4. The summed E-state index contributed by atoms with van der Waals surface area (Å²) in [6.45, 7) is 0. The van der Waals surface area contributed by atoms with Crippen LogP contribution in [0.15, 0.2) is 384 Å². The van der Waals surface area contributed by atoms with Crippen molar-refractivity contribution in [3.8, 4) is 55.6 Å². The summed E-state index contributed by atoms with van der Waals surface area (Å²) in [4.78, 5) is 4.79. The zero-order valence-corrected chi connectivity index (χ0v) is 60.2. The molecule has 1 aliphatic rings. The second-order valence-corrected chi connectivity index (χ2v) is 29.6. The number of furan rings is 6. The monoisotopic (exact) mass is 1430 g/mol. The molecule has 0 amide bonds. The molecule has 17 aromatic carbocycles. The summed E-state index contributed by atoms with van der Waals surface area (Å²) in [7, 11) is 0. The Morgan fingerprint density at radius 3 is 1.45 bits per heavy atom. The third kappa shape index (κ3) is 9.68. The highest BCUT2D eigenvalue weighted by Gasteiger charge is 2.26. The second-order valence-electron chi connectivity index (χ2n) is 29.6. The van der Waals surface area contributed by atoms with Gasteiger partial charge in [-0.05, 0) is 195 Å². The number of rotatable bonds is 11. The van der Waals surface area contributed by atoms with E-state index < -0.39 is 0 Å². The highest BCUT2D eigenvalue weighted by molar-refractivity contribution is 6.20. The summed E-state index contributed by atoms with van der Waals surface area (Å²) in [5, 5.41) is 17.4. The van der Waals surface area contributed by atoms with Crippen LogP contribution >= 0.6 is 0 Å². The molecule has 0 saturated carbocycles. The molecule has 6 heterocycles. The van der Waals surface area contributed by atoms with E-state index in [4.69, 9.17) is 26.5 Å². The molecule has 8 heteroatoms. The third-order valence-corrected chi connectivity index (χ3v) is 23.4. The second kappa shape index (κ2) is 24.3. The highest BCUT2D eigenvalue weighted by Crippen LogP contribution is 2.49. The minimum Gasteiger partial charge on any atom is -0.456 e. The molecule has 0 bridgehead atoms. The van der Waals surface area contributed by atoms with Crippen LogP contribution in [-0.4, -0.2) is 6.04 Å².